The zero-order chi connectivity index (χ0) is 14.8. The van der Waals surface area contributed by atoms with Gasteiger partial charge in [-0.05, 0) is 13.0 Å². The first kappa shape index (κ1) is 14.5. The highest BCUT2D eigenvalue weighted by Gasteiger charge is 2.20. The summed E-state index contributed by atoms with van der Waals surface area (Å²) in [6.07, 6.45) is 2.55. The Labute approximate surface area is 121 Å². The molecule has 106 valence electrons. The normalized spacial score (nSPS) is 11.2. The SMILES string of the molecule is COc1cc(C)nc(NS(=O)(=O)c2cnccc2Cl)n1. The van der Waals surface area contributed by atoms with E-state index in [0.717, 1.165) is 6.20 Å². The molecular formula is C11H11ClN4O3S. The second kappa shape index (κ2) is 5.59. The van der Waals surface area contributed by atoms with Crippen LogP contribution in [-0.2, 0) is 10.0 Å². The van der Waals surface area contributed by atoms with E-state index in [0.29, 0.717) is 5.69 Å². The minimum atomic E-state index is -3.91. The topological polar surface area (TPSA) is 94.1 Å². The van der Waals surface area contributed by atoms with E-state index in [2.05, 4.69) is 19.7 Å². The Morgan fingerprint density at radius 1 is 1.35 bits per heavy atom. The molecule has 9 heteroatoms. The van der Waals surface area contributed by atoms with E-state index in [1.54, 1.807) is 13.0 Å². The number of aromatic nitrogens is 3. The number of ether oxygens (including phenoxy) is 1. The van der Waals surface area contributed by atoms with E-state index in [9.17, 15) is 8.42 Å². The lowest BCUT2D eigenvalue weighted by Gasteiger charge is -2.09. The van der Waals surface area contributed by atoms with Crippen molar-refractivity contribution in [3.05, 3.63) is 35.2 Å². The maximum atomic E-state index is 12.2. The highest BCUT2D eigenvalue weighted by molar-refractivity contribution is 7.92. The van der Waals surface area contributed by atoms with Crippen LogP contribution in [-0.4, -0.2) is 30.5 Å². The van der Waals surface area contributed by atoms with Crippen LogP contribution in [0, 0.1) is 6.92 Å². The van der Waals surface area contributed by atoms with Gasteiger partial charge < -0.3 is 4.74 Å². The predicted molar refractivity (Wildman–Crippen MR) is 73.4 cm³/mol. The molecule has 2 rings (SSSR count). The highest BCUT2D eigenvalue weighted by atomic mass is 35.5. The van der Waals surface area contributed by atoms with Crippen LogP contribution in [0.2, 0.25) is 5.02 Å². The summed E-state index contributed by atoms with van der Waals surface area (Å²) in [5.41, 5.74) is 0.562. The number of hydrogen-bond donors (Lipinski definition) is 1. The summed E-state index contributed by atoms with van der Waals surface area (Å²) in [5, 5.41) is 0.0621. The number of hydrogen-bond acceptors (Lipinski definition) is 6. The Balaban J connectivity index is 2.38. The van der Waals surface area contributed by atoms with Crippen molar-refractivity contribution in [2.24, 2.45) is 0 Å². The molecule has 0 aliphatic rings. The zero-order valence-corrected chi connectivity index (χ0v) is 12.2. The third-order valence-electron chi connectivity index (χ3n) is 2.29. The number of nitrogens with one attached hydrogen (secondary N) is 1. The monoisotopic (exact) mass is 314 g/mol. The van der Waals surface area contributed by atoms with Gasteiger partial charge >= 0.3 is 0 Å². The second-order valence-electron chi connectivity index (χ2n) is 3.79. The van der Waals surface area contributed by atoms with Gasteiger partial charge in [0.2, 0.25) is 11.8 Å². The van der Waals surface area contributed by atoms with Crippen molar-refractivity contribution in [3.63, 3.8) is 0 Å². The van der Waals surface area contributed by atoms with Crippen molar-refractivity contribution < 1.29 is 13.2 Å². The summed E-state index contributed by atoms with van der Waals surface area (Å²) in [6.45, 7) is 1.69. The summed E-state index contributed by atoms with van der Waals surface area (Å²) in [7, 11) is -2.48. The minimum absolute atomic E-state index is 0.0621. The molecule has 0 aromatic carbocycles. The Hall–Kier alpha value is -1.93. The van der Waals surface area contributed by atoms with Crippen molar-refractivity contribution in [2.75, 3.05) is 11.8 Å². The van der Waals surface area contributed by atoms with Gasteiger partial charge in [0.1, 0.15) is 4.90 Å². The summed E-state index contributed by atoms with van der Waals surface area (Å²) >= 11 is 5.84. The number of methoxy groups -OCH3 is 1. The van der Waals surface area contributed by atoms with Crippen LogP contribution < -0.4 is 9.46 Å². The molecule has 7 nitrogen and oxygen atoms in total. The quantitative estimate of drug-likeness (QED) is 0.922. The van der Waals surface area contributed by atoms with Gasteiger partial charge in [0.25, 0.3) is 10.0 Å². The maximum Gasteiger partial charge on any atom is 0.267 e. The zero-order valence-electron chi connectivity index (χ0n) is 10.7. The standard InChI is InChI=1S/C11H11ClN4O3S/c1-7-5-10(19-2)15-11(14-7)16-20(17,18)9-6-13-4-3-8(9)12/h3-6H,1-2H3,(H,14,15,16). The van der Waals surface area contributed by atoms with Crippen molar-refractivity contribution in [2.45, 2.75) is 11.8 Å². The molecule has 2 aromatic heterocycles. The van der Waals surface area contributed by atoms with Crippen molar-refractivity contribution in [3.8, 4) is 5.88 Å². The number of rotatable bonds is 4. The lowest BCUT2D eigenvalue weighted by atomic mass is 10.4. The lowest BCUT2D eigenvalue weighted by molar-refractivity contribution is 0.397. The van der Waals surface area contributed by atoms with Gasteiger partial charge in [0, 0.05) is 24.2 Å². The summed E-state index contributed by atoms with van der Waals surface area (Å²) in [4.78, 5) is 11.5. The van der Waals surface area contributed by atoms with E-state index < -0.39 is 10.0 Å². The van der Waals surface area contributed by atoms with Gasteiger partial charge in [-0.3, -0.25) is 4.98 Å². The highest BCUT2D eigenvalue weighted by Crippen LogP contribution is 2.22. The van der Waals surface area contributed by atoms with E-state index in [-0.39, 0.29) is 21.7 Å². The van der Waals surface area contributed by atoms with Crippen LogP contribution >= 0.6 is 11.6 Å². The molecule has 0 aliphatic carbocycles. The molecule has 2 aromatic rings. The predicted octanol–water partition coefficient (Wildman–Crippen LogP) is 1.64. The molecule has 0 spiro atoms. The average Bonchev–Trinajstić information content (AvgIpc) is 2.37. The fraction of sp³-hybridized carbons (Fsp3) is 0.182. The summed E-state index contributed by atoms with van der Waals surface area (Å²) < 4.78 is 31.5. The Kier molecular flexibility index (Phi) is 4.05. The van der Waals surface area contributed by atoms with Crippen molar-refractivity contribution >= 4 is 27.6 Å². The molecule has 0 saturated heterocycles. The van der Waals surface area contributed by atoms with Crippen LogP contribution in [0.5, 0.6) is 5.88 Å². The number of aryl methyl sites for hydroxylation is 1. The number of halogens is 1. The van der Waals surface area contributed by atoms with Gasteiger partial charge in [-0.25, -0.2) is 18.1 Å². The third-order valence-corrected chi connectivity index (χ3v) is 4.09. The van der Waals surface area contributed by atoms with Gasteiger partial charge in [-0.15, -0.1) is 0 Å². The van der Waals surface area contributed by atoms with Gasteiger partial charge in [0.15, 0.2) is 0 Å². The Morgan fingerprint density at radius 2 is 2.10 bits per heavy atom. The van der Waals surface area contributed by atoms with Gasteiger partial charge in [-0.1, -0.05) is 11.6 Å². The van der Waals surface area contributed by atoms with Gasteiger partial charge in [0.05, 0.1) is 12.1 Å². The smallest absolute Gasteiger partial charge is 0.267 e. The van der Waals surface area contributed by atoms with Crippen LogP contribution in [0.3, 0.4) is 0 Å². The summed E-state index contributed by atoms with van der Waals surface area (Å²) in [6, 6.07) is 2.96. The molecule has 0 bridgehead atoms. The molecule has 0 unspecified atom stereocenters. The molecule has 0 atom stereocenters. The third kappa shape index (κ3) is 3.14. The van der Waals surface area contributed by atoms with E-state index in [1.165, 1.54) is 19.4 Å². The largest absolute Gasteiger partial charge is 0.481 e. The molecule has 20 heavy (non-hydrogen) atoms. The fourth-order valence-electron chi connectivity index (χ4n) is 1.43. The maximum absolute atomic E-state index is 12.2. The van der Waals surface area contributed by atoms with Crippen LogP contribution in [0.15, 0.2) is 29.4 Å². The average molecular weight is 315 g/mol. The Morgan fingerprint density at radius 3 is 2.75 bits per heavy atom. The molecule has 0 amide bonds. The number of pyridine rings is 1. The molecule has 0 saturated carbocycles. The van der Waals surface area contributed by atoms with Crippen LogP contribution in [0.25, 0.3) is 0 Å². The molecule has 0 aliphatic heterocycles. The van der Waals surface area contributed by atoms with Gasteiger partial charge in [-0.2, -0.15) is 4.98 Å². The summed E-state index contributed by atoms with van der Waals surface area (Å²) in [5.74, 6) is 0.161. The fourth-order valence-corrected chi connectivity index (χ4v) is 2.80. The number of sulfonamides is 1. The first-order valence-corrected chi connectivity index (χ1v) is 7.30. The minimum Gasteiger partial charge on any atom is -0.481 e. The molecule has 0 fully saturated rings. The van der Waals surface area contributed by atoms with Crippen molar-refractivity contribution in [1.82, 2.24) is 15.0 Å². The second-order valence-corrected chi connectivity index (χ2v) is 5.84. The van der Waals surface area contributed by atoms with E-state index in [1.807, 2.05) is 0 Å². The van der Waals surface area contributed by atoms with Crippen LogP contribution in [0.4, 0.5) is 5.95 Å². The first-order chi connectivity index (χ1) is 9.42. The van der Waals surface area contributed by atoms with Crippen LogP contribution in [0.1, 0.15) is 5.69 Å². The Bertz CT molecular complexity index is 736. The van der Waals surface area contributed by atoms with E-state index >= 15 is 0 Å². The molecular weight excluding hydrogens is 304 g/mol. The molecule has 0 radical (unpaired) electrons. The van der Waals surface area contributed by atoms with E-state index in [4.69, 9.17) is 16.3 Å². The lowest BCUT2D eigenvalue weighted by Crippen LogP contribution is -2.16. The molecule has 1 N–H and O–H groups in total. The number of nitrogens with zero attached hydrogens (tertiary/aromatic N) is 3. The first-order valence-electron chi connectivity index (χ1n) is 5.44. The number of anilines is 1. The van der Waals surface area contributed by atoms with Crippen molar-refractivity contribution in [1.29, 1.82) is 0 Å². The molecule has 2 heterocycles.